The van der Waals surface area contributed by atoms with Crippen molar-refractivity contribution >= 4 is 5.82 Å². The van der Waals surface area contributed by atoms with Crippen LogP contribution in [0.1, 0.15) is 33.4 Å². The van der Waals surface area contributed by atoms with E-state index in [0.29, 0.717) is 5.41 Å². The van der Waals surface area contributed by atoms with Crippen molar-refractivity contribution in [3.05, 3.63) is 18.1 Å². The molecule has 4 nitrogen and oxygen atoms in total. The average molecular weight is 251 g/mol. The van der Waals surface area contributed by atoms with Crippen LogP contribution in [0, 0.1) is 12.3 Å². The van der Waals surface area contributed by atoms with Gasteiger partial charge in [0.1, 0.15) is 12.1 Å². The number of anilines is 1. The highest BCUT2D eigenvalue weighted by Crippen LogP contribution is 2.39. The van der Waals surface area contributed by atoms with Crippen molar-refractivity contribution in [3.8, 4) is 0 Å². The van der Waals surface area contributed by atoms with Gasteiger partial charge in [-0.1, -0.05) is 27.7 Å². The van der Waals surface area contributed by atoms with Gasteiger partial charge in [-0.05, 0) is 6.92 Å². The van der Waals surface area contributed by atoms with Gasteiger partial charge in [-0.15, -0.1) is 0 Å². The topological polar surface area (TPSA) is 38.2 Å². The summed E-state index contributed by atoms with van der Waals surface area (Å²) < 4.78 is 5.23. The fraction of sp³-hybridized carbons (Fsp3) is 0.714. The molecule has 1 aromatic rings. The van der Waals surface area contributed by atoms with Gasteiger partial charge >= 0.3 is 0 Å². The molecule has 0 aromatic carbocycles. The molecule has 0 aliphatic carbocycles. The van der Waals surface area contributed by atoms with Gasteiger partial charge in [0.05, 0.1) is 18.6 Å². The third kappa shape index (κ3) is 2.99. The second kappa shape index (κ2) is 6.69. The SMILES string of the molecule is CC.CC.Cc1cc(N2CC3(COC3)C2)ncn1. The van der Waals surface area contributed by atoms with Gasteiger partial charge in [0.25, 0.3) is 0 Å². The molecular formula is C14H25N3O. The molecule has 0 bridgehead atoms. The summed E-state index contributed by atoms with van der Waals surface area (Å²) in [6, 6.07) is 2.03. The zero-order chi connectivity index (χ0) is 13.6. The predicted octanol–water partition coefficient (Wildman–Crippen LogP) is 2.67. The van der Waals surface area contributed by atoms with E-state index in [1.165, 1.54) is 0 Å². The van der Waals surface area contributed by atoms with Gasteiger partial charge in [-0.3, -0.25) is 0 Å². The van der Waals surface area contributed by atoms with Crippen molar-refractivity contribution in [1.82, 2.24) is 9.97 Å². The van der Waals surface area contributed by atoms with Gasteiger partial charge in [0, 0.05) is 24.8 Å². The van der Waals surface area contributed by atoms with Gasteiger partial charge < -0.3 is 9.64 Å². The Morgan fingerprint density at radius 2 is 1.72 bits per heavy atom. The Labute approximate surface area is 110 Å². The summed E-state index contributed by atoms with van der Waals surface area (Å²) in [5.74, 6) is 1.05. The molecule has 18 heavy (non-hydrogen) atoms. The van der Waals surface area contributed by atoms with Crippen LogP contribution in [0.4, 0.5) is 5.82 Å². The van der Waals surface area contributed by atoms with E-state index in [4.69, 9.17) is 4.74 Å². The van der Waals surface area contributed by atoms with E-state index in [0.717, 1.165) is 37.8 Å². The molecule has 0 amide bonds. The van der Waals surface area contributed by atoms with Crippen LogP contribution in [-0.4, -0.2) is 36.3 Å². The number of aromatic nitrogens is 2. The lowest BCUT2D eigenvalue weighted by Crippen LogP contribution is -2.66. The van der Waals surface area contributed by atoms with Crippen molar-refractivity contribution in [1.29, 1.82) is 0 Å². The molecule has 2 aliphatic heterocycles. The molecular weight excluding hydrogens is 226 g/mol. The first-order valence-corrected chi connectivity index (χ1v) is 6.89. The Morgan fingerprint density at radius 3 is 2.17 bits per heavy atom. The maximum Gasteiger partial charge on any atom is 0.132 e. The molecule has 0 saturated carbocycles. The van der Waals surface area contributed by atoms with Crippen LogP contribution in [0.15, 0.2) is 12.4 Å². The minimum absolute atomic E-state index is 0.457. The van der Waals surface area contributed by atoms with E-state index in [9.17, 15) is 0 Å². The highest BCUT2D eigenvalue weighted by atomic mass is 16.5. The molecule has 3 rings (SSSR count). The smallest absolute Gasteiger partial charge is 0.132 e. The number of aryl methyl sites for hydroxylation is 1. The fourth-order valence-electron chi connectivity index (χ4n) is 2.11. The number of hydrogen-bond acceptors (Lipinski definition) is 4. The molecule has 2 fully saturated rings. The number of hydrogen-bond donors (Lipinski definition) is 0. The van der Waals surface area contributed by atoms with E-state index in [-0.39, 0.29) is 0 Å². The van der Waals surface area contributed by atoms with Crippen molar-refractivity contribution < 1.29 is 4.74 Å². The van der Waals surface area contributed by atoms with Gasteiger partial charge in [0.15, 0.2) is 0 Å². The highest BCUT2D eigenvalue weighted by molar-refractivity contribution is 5.43. The molecule has 0 N–H and O–H groups in total. The van der Waals surface area contributed by atoms with Crippen molar-refractivity contribution in [2.45, 2.75) is 34.6 Å². The lowest BCUT2D eigenvalue weighted by molar-refractivity contribution is -0.127. The standard InChI is InChI=1S/C10H13N3O.2C2H6/c1-8-2-9(12-7-11-8)13-3-10(4-13)5-14-6-10;2*1-2/h2,7H,3-6H2,1H3;2*1-2H3. The first kappa shape index (κ1) is 14.9. The van der Waals surface area contributed by atoms with E-state index in [1.54, 1.807) is 6.33 Å². The van der Waals surface area contributed by atoms with Crippen molar-refractivity contribution in [2.24, 2.45) is 5.41 Å². The fourth-order valence-corrected chi connectivity index (χ4v) is 2.11. The quantitative estimate of drug-likeness (QED) is 0.769. The minimum atomic E-state index is 0.457. The molecule has 1 aromatic heterocycles. The first-order chi connectivity index (χ1) is 8.77. The number of rotatable bonds is 1. The molecule has 0 atom stereocenters. The van der Waals surface area contributed by atoms with E-state index < -0.39 is 0 Å². The Kier molecular flexibility index (Phi) is 5.54. The highest BCUT2D eigenvalue weighted by Gasteiger charge is 2.49. The molecule has 102 valence electrons. The summed E-state index contributed by atoms with van der Waals surface area (Å²) in [6.07, 6.45) is 1.63. The van der Waals surface area contributed by atoms with Crippen LogP contribution in [-0.2, 0) is 4.74 Å². The summed E-state index contributed by atoms with van der Waals surface area (Å²) in [7, 11) is 0. The van der Waals surface area contributed by atoms with Crippen LogP contribution in [0.5, 0.6) is 0 Å². The first-order valence-electron chi connectivity index (χ1n) is 6.89. The Morgan fingerprint density at radius 1 is 1.11 bits per heavy atom. The number of ether oxygens (including phenoxy) is 1. The summed E-state index contributed by atoms with van der Waals surface area (Å²) in [4.78, 5) is 10.6. The maximum atomic E-state index is 5.23. The summed E-state index contributed by atoms with van der Waals surface area (Å²) in [5.41, 5.74) is 1.49. The largest absolute Gasteiger partial charge is 0.380 e. The summed E-state index contributed by atoms with van der Waals surface area (Å²) >= 11 is 0. The van der Waals surface area contributed by atoms with E-state index in [2.05, 4.69) is 14.9 Å². The minimum Gasteiger partial charge on any atom is -0.380 e. The van der Waals surface area contributed by atoms with Gasteiger partial charge in [0.2, 0.25) is 0 Å². The second-order valence-corrected chi connectivity index (χ2v) is 4.37. The van der Waals surface area contributed by atoms with Gasteiger partial charge in [-0.25, -0.2) is 9.97 Å². The summed E-state index contributed by atoms with van der Waals surface area (Å²) in [6.45, 7) is 14.0. The molecule has 1 spiro atoms. The molecule has 2 saturated heterocycles. The Bertz CT molecular complexity index is 356. The Hall–Kier alpha value is -1.16. The van der Waals surface area contributed by atoms with E-state index >= 15 is 0 Å². The maximum absolute atomic E-state index is 5.23. The molecule has 0 radical (unpaired) electrons. The van der Waals surface area contributed by atoms with E-state index in [1.807, 2.05) is 40.7 Å². The number of nitrogens with zero attached hydrogens (tertiary/aromatic N) is 3. The van der Waals surface area contributed by atoms with Crippen LogP contribution < -0.4 is 4.90 Å². The zero-order valence-corrected chi connectivity index (χ0v) is 12.2. The lowest BCUT2D eigenvalue weighted by Gasteiger charge is -2.55. The zero-order valence-electron chi connectivity index (χ0n) is 12.2. The molecule has 4 heteroatoms. The van der Waals surface area contributed by atoms with Crippen molar-refractivity contribution in [3.63, 3.8) is 0 Å². The summed E-state index contributed by atoms with van der Waals surface area (Å²) in [5, 5.41) is 0. The van der Waals surface area contributed by atoms with Crippen LogP contribution in [0.3, 0.4) is 0 Å². The molecule has 3 heterocycles. The third-order valence-electron chi connectivity index (χ3n) is 2.98. The Balaban J connectivity index is 0.000000371. The average Bonchev–Trinajstić information content (AvgIpc) is 2.31. The van der Waals surface area contributed by atoms with Crippen LogP contribution >= 0.6 is 0 Å². The monoisotopic (exact) mass is 251 g/mol. The molecule has 0 unspecified atom stereocenters. The molecule has 2 aliphatic rings. The predicted molar refractivity (Wildman–Crippen MR) is 74.9 cm³/mol. The normalized spacial score (nSPS) is 18.6. The van der Waals surface area contributed by atoms with Crippen molar-refractivity contribution in [2.75, 3.05) is 31.2 Å². The third-order valence-corrected chi connectivity index (χ3v) is 2.98. The lowest BCUT2D eigenvalue weighted by atomic mass is 9.78. The van der Waals surface area contributed by atoms with Gasteiger partial charge in [-0.2, -0.15) is 0 Å². The second-order valence-electron chi connectivity index (χ2n) is 4.37. The van der Waals surface area contributed by atoms with Crippen LogP contribution in [0.25, 0.3) is 0 Å². The van der Waals surface area contributed by atoms with Crippen LogP contribution in [0.2, 0.25) is 0 Å².